The van der Waals surface area contributed by atoms with Gasteiger partial charge in [-0.05, 0) is 19.8 Å². The van der Waals surface area contributed by atoms with Crippen LogP contribution in [0.25, 0.3) is 0 Å². The van der Waals surface area contributed by atoms with Crippen LogP contribution in [0.1, 0.15) is 19.8 Å². The molecule has 1 N–H and O–H groups in total. The summed E-state index contributed by atoms with van der Waals surface area (Å²) >= 11 is 0. The lowest BCUT2D eigenvalue weighted by Gasteiger charge is -2.40. The average molecular weight is 269 g/mol. The summed E-state index contributed by atoms with van der Waals surface area (Å²) in [6, 6.07) is 0. The van der Waals surface area contributed by atoms with Crippen molar-refractivity contribution in [1.29, 1.82) is 0 Å². The number of hydrogen-bond donors (Lipinski definition) is 1. The Kier molecular flexibility index (Phi) is 4.42. The van der Waals surface area contributed by atoms with E-state index in [0.29, 0.717) is 26.2 Å². The number of rotatable bonds is 1. The van der Waals surface area contributed by atoms with Gasteiger partial charge in [0.1, 0.15) is 0 Å². The minimum absolute atomic E-state index is 0.322. The summed E-state index contributed by atoms with van der Waals surface area (Å²) in [5.74, 6) is -0.758. The standard InChI is InChI=1S/C13H23N3O3/c1-13(19-2)4-3-7-16(10-13)12(18)11(17)15-8-5-14-6-9-15/h14H,3-10H2,1-2H3. The van der Waals surface area contributed by atoms with Gasteiger partial charge in [-0.25, -0.2) is 0 Å². The first-order chi connectivity index (χ1) is 9.06. The van der Waals surface area contributed by atoms with Crippen molar-refractivity contribution in [3.05, 3.63) is 0 Å². The van der Waals surface area contributed by atoms with Gasteiger partial charge >= 0.3 is 11.8 Å². The number of nitrogens with zero attached hydrogens (tertiary/aromatic N) is 2. The summed E-state index contributed by atoms with van der Waals surface area (Å²) < 4.78 is 5.46. The molecule has 2 aliphatic heterocycles. The summed E-state index contributed by atoms with van der Waals surface area (Å²) in [6.07, 6.45) is 1.81. The van der Waals surface area contributed by atoms with E-state index in [4.69, 9.17) is 4.74 Å². The van der Waals surface area contributed by atoms with Gasteiger partial charge < -0.3 is 19.9 Å². The summed E-state index contributed by atoms with van der Waals surface area (Å²) in [5.41, 5.74) is -0.322. The number of amides is 2. The number of carbonyl (C=O) groups excluding carboxylic acids is 2. The highest BCUT2D eigenvalue weighted by molar-refractivity contribution is 6.34. The van der Waals surface area contributed by atoms with Gasteiger partial charge in [-0.3, -0.25) is 9.59 Å². The van der Waals surface area contributed by atoms with Crippen LogP contribution < -0.4 is 5.32 Å². The molecule has 0 bridgehead atoms. The zero-order valence-electron chi connectivity index (χ0n) is 11.8. The molecule has 0 spiro atoms. The number of nitrogens with one attached hydrogen (secondary N) is 1. The average Bonchev–Trinajstić information content (AvgIpc) is 2.46. The van der Waals surface area contributed by atoms with Crippen LogP contribution in [0.2, 0.25) is 0 Å². The monoisotopic (exact) mass is 269 g/mol. The highest BCUT2D eigenvalue weighted by Crippen LogP contribution is 2.24. The molecule has 0 aromatic rings. The van der Waals surface area contributed by atoms with Crippen LogP contribution in [0, 0.1) is 0 Å². The number of methoxy groups -OCH3 is 1. The zero-order chi connectivity index (χ0) is 13.9. The van der Waals surface area contributed by atoms with Crippen LogP contribution in [0.3, 0.4) is 0 Å². The first-order valence-electron chi connectivity index (χ1n) is 6.90. The minimum atomic E-state index is -0.384. The Morgan fingerprint density at radius 1 is 1.11 bits per heavy atom. The predicted molar refractivity (Wildman–Crippen MR) is 70.7 cm³/mol. The van der Waals surface area contributed by atoms with Crippen molar-refractivity contribution < 1.29 is 14.3 Å². The molecule has 2 rings (SSSR count). The van der Waals surface area contributed by atoms with Gasteiger partial charge in [-0.15, -0.1) is 0 Å². The Balaban J connectivity index is 1.96. The van der Waals surface area contributed by atoms with Crippen LogP contribution in [0.4, 0.5) is 0 Å². The Morgan fingerprint density at radius 3 is 2.37 bits per heavy atom. The summed E-state index contributed by atoms with van der Waals surface area (Å²) in [4.78, 5) is 27.7. The Hall–Kier alpha value is -1.14. The van der Waals surface area contributed by atoms with Crippen molar-refractivity contribution in [2.24, 2.45) is 0 Å². The van der Waals surface area contributed by atoms with Gasteiger partial charge in [0.25, 0.3) is 0 Å². The first kappa shape index (κ1) is 14.3. The second-order valence-corrected chi connectivity index (χ2v) is 5.53. The number of piperidine rings is 1. The number of ether oxygens (including phenoxy) is 1. The Labute approximate surface area is 114 Å². The molecule has 2 fully saturated rings. The van der Waals surface area contributed by atoms with Crippen molar-refractivity contribution in [3.8, 4) is 0 Å². The lowest BCUT2D eigenvalue weighted by molar-refractivity contribution is -0.156. The molecule has 19 heavy (non-hydrogen) atoms. The molecule has 0 saturated carbocycles. The molecule has 6 heteroatoms. The van der Waals surface area contributed by atoms with Crippen LogP contribution in [-0.2, 0) is 14.3 Å². The SMILES string of the molecule is COC1(C)CCCN(C(=O)C(=O)N2CCNCC2)C1. The fourth-order valence-electron chi connectivity index (χ4n) is 2.68. The molecule has 2 heterocycles. The van der Waals surface area contributed by atoms with Crippen LogP contribution in [0.5, 0.6) is 0 Å². The normalized spacial score (nSPS) is 28.3. The quantitative estimate of drug-likeness (QED) is 0.649. The maximum atomic E-state index is 12.3. The van der Waals surface area contributed by atoms with Gasteiger partial charge in [-0.1, -0.05) is 0 Å². The number of piperazine rings is 1. The van der Waals surface area contributed by atoms with E-state index in [-0.39, 0.29) is 17.4 Å². The fourth-order valence-corrected chi connectivity index (χ4v) is 2.68. The third-order valence-electron chi connectivity index (χ3n) is 4.03. The van der Waals surface area contributed by atoms with Gasteiger partial charge in [0.05, 0.1) is 5.60 Å². The number of carbonyl (C=O) groups is 2. The molecule has 2 saturated heterocycles. The molecule has 0 aliphatic carbocycles. The third kappa shape index (κ3) is 3.25. The van der Waals surface area contributed by atoms with E-state index in [2.05, 4.69) is 5.32 Å². The van der Waals surface area contributed by atoms with Crippen molar-refractivity contribution >= 4 is 11.8 Å². The molecule has 1 atom stereocenters. The molecule has 108 valence electrons. The molecule has 0 radical (unpaired) electrons. The van der Waals surface area contributed by atoms with Crippen LogP contribution >= 0.6 is 0 Å². The van der Waals surface area contributed by atoms with E-state index in [1.54, 1.807) is 16.9 Å². The summed E-state index contributed by atoms with van der Waals surface area (Å²) in [6.45, 7) is 5.88. The van der Waals surface area contributed by atoms with E-state index in [1.807, 2.05) is 6.92 Å². The van der Waals surface area contributed by atoms with Gasteiger partial charge in [0.2, 0.25) is 0 Å². The van der Waals surface area contributed by atoms with Crippen LogP contribution in [0.15, 0.2) is 0 Å². The van der Waals surface area contributed by atoms with E-state index in [1.165, 1.54) is 0 Å². The third-order valence-corrected chi connectivity index (χ3v) is 4.03. The second-order valence-electron chi connectivity index (χ2n) is 5.53. The van der Waals surface area contributed by atoms with Gasteiger partial charge in [0, 0.05) is 46.4 Å². The van der Waals surface area contributed by atoms with E-state index in [0.717, 1.165) is 25.9 Å². The van der Waals surface area contributed by atoms with Gasteiger partial charge in [0.15, 0.2) is 0 Å². The number of likely N-dealkylation sites (tertiary alicyclic amines) is 1. The lowest BCUT2D eigenvalue weighted by atomic mass is 9.94. The maximum absolute atomic E-state index is 12.3. The van der Waals surface area contributed by atoms with E-state index in [9.17, 15) is 9.59 Å². The number of hydrogen-bond acceptors (Lipinski definition) is 4. The highest BCUT2D eigenvalue weighted by atomic mass is 16.5. The Bertz CT molecular complexity index is 355. The largest absolute Gasteiger partial charge is 0.377 e. The fraction of sp³-hybridized carbons (Fsp3) is 0.846. The topological polar surface area (TPSA) is 61.9 Å². The summed E-state index contributed by atoms with van der Waals surface area (Å²) in [7, 11) is 1.66. The molecule has 2 amide bonds. The zero-order valence-corrected chi connectivity index (χ0v) is 11.8. The van der Waals surface area contributed by atoms with Crippen molar-refractivity contribution in [3.63, 3.8) is 0 Å². The van der Waals surface area contributed by atoms with E-state index >= 15 is 0 Å². The summed E-state index contributed by atoms with van der Waals surface area (Å²) in [5, 5.41) is 3.17. The smallest absolute Gasteiger partial charge is 0.312 e. The van der Waals surface area contributed by atoms with Crippen molar-refractivity contribution in [2.45, 2.75) is 25.4 Å². The lowest BCUT2D eigenvalue weighted by Crippen LogP contribution is -2.56. The van der Waals surface area contributed by atoms with E-state index < -0.39 is 0 Å². The molecule has 0 aromatic heterocycles. The van der Waals surface area contributed by atoms with Crippen LogP contribution in [-0.4, -0.2) is 73.6 Å². The molecular formula is C13H23N3O3. The second kappa shape index (κ2) is 5.88. The highest BCUT2D eigenvalue weighted by Gasteiger charge is 2.36. The van der Waals surface area contributed by atoms with Crippen molar-refractivity contribution in [1.82, 2.24) is 15.1 Å². The van der Waals surface area contributed by atoms with Crippen molar-refractivity contribution in [2.75, 3.05) is 46.4 Å². The maximum Gasteiger partial charge on any atom is 0.312 e. The molecule has 2 aliphatic rings. The Morgan fingerprint density at radius 2 is 1.74 bits per heavy atom. The molecular weight excluding hydrogens is 246 g/mol. The van der Waals surface area contributed by atoms with Gasteiger partial charge in [-0.2, -0.15) is 0 Å². The molecule has 0 aromatic carbocycles. The predicted octanol–water partition coefficient (Wildman–Crippen LogP) is -0.554. The molecule has 1 unspecified atom stereocenters. The first-order valence-corrected chi connectivity index (χ1v) is 6.90. The molecule has 6 nitrogen and oxygen atoms in total. The minimum Gasteiger partial charge on any atom is -0.377 e.